The van der Waals surface area contributed by atoms with E-state index in [1.54, 1.807) is 0 Å². The Morgan fingerprint density at radius 2 is 2.00 bits per heavy atom. The molecule has 0 bridgehead atoms. The van der Waals surface area contributed by atoms with Crippen LogP contribution in [0, 0.1) is 5.92 Å². The molecule has 1 N–H and O–H groups in total. The van der Waals surface area contributed by atoms with Gasteiger partial charge in [-0.3, -0.25) is 9.69 Å². The predicted molar refractivity (Wildman–Crippen MR) is 83.4 cm³/mol. The van der Waals surface area contributed by atoms with Gasteiger partial charge in [0.1, 0.15) is 5.78 Å². The van der Waals surface area contributed by atoms with Crippen LogP contribution in [-0.4, -0.2) is 55.6 Å². The smallest absolute Gasteiger partial charge is 0.150 e. The molecule has 3 fully saturated rings. The first kappa shape index (κ1) is 15.4. The average Bonchev–Trinajstić information content (AvgIpc) is 2.77. The van der Waals surface area contributed by atoms with Crippen molar-refractivity contribution in [3.8, 4) is 0 Å². The van der Waals surface area contributed by atoms with Gasteiger partial charge in [0.2, 0.25) is 0 Å². The molecule has 120 valence electrons. The predicted octanol–water partition coefficient (Wildman–Crippen LogP) is 1.98. The third-order valence-electron chi connectivity index (χ3n) is 5.53. The molecular weight excluding hydrogens is 264 g/mol. The fourth-order valence-corrected chi connectivity index (χ4v) is 4.26. The van der Waals surface area contributed by atoms with E-state index in [1.165, 1.54) is 32.1 Å². The molecule has 0 radical (unpaired) electrons. The molecule has 1 spiro atoms. The molecule has 0 aromatic carbocycles. The molecule has 3 aliphatic rings. The molecular formula is C17H30N2O2. The Morgan fingerprint density at radius 3 is 2.86 bits per heavy atom. The highest BCUT2D eigenvalue weighted by Crippen LogP contribution is 2.40. The molecule has 0 aromatic rings. The summed E-state index contributed by atoms with van der Waals surface area (Å²) in [5.74, 6) is 0.707. The van der Waals surface area contributed by atoms with Gasteiger partial charge in [0.05, 0.1) is 12.1 Å². The first-order valence-electron chi connectivity index (χ1n) is 8.87. The summed E-state index contributed by atoms with van der Waals surface area (Å²) in [4.78, 5) is 15.0. The zero-order chi connectivity index (χ0) is 14.5. The van der Waals surface area contributed by atoms with Crippen molar-refractivity contribution >= 4 is 5.78 Å². The lowest BCUT2D eigenvalue weighted by atomic mass is 9.75. The summed E-state index contributed by atoms with van der Waals surface area (Å²) >= 11 is 0. The van der Waals surface area contributed by atoms with E-state index in [-0.39, 0.29) is 11.5 Å². The van der Waals surface area contributed by atoms with E-state index in [1.807, 2.05) is 0 Å². The van der Waals surface area contributed by atoms with Gasteiger partial charge in [-0.1, -0.05) is 19.3 Å². The van der Waals surface area contributed by atoms with Gasteiger partial charge in [-0.15, -0.1) is 0 Å². The molecule has 2 heterocycles. The van der Waals surface area contributed by atoms with Gasteiger partial charge in [0.15, 0.2) is 0 Å². The van der Waals surface area contributed by atoms with E-state index in [0.717, 1.165) is 52.0 Å². The number of hydrogen-bond acceptors (Lipinski definition) is 4. The maximum atomic E-state index is 12.7. The highest BCUT2D eigenvalue weighted by molar-refractivity contribution is 5.83. The van der Waals surface area contributed by atoms with Crippen molar-refractivity contribution in [2.24, 2.45) is 5.92 Å². The zero-order valence-electron chi connectivity index (χ0n) is 13.2. The van der Waals surface area contributed by atoms with Crippen molar-refractivity contribution < 1.29 is 9.53 Å². The zero-order valence-corrected chi connectivity index (χ0v) is 13.2. The second-order valence-electron chi connectivity index (χ2n) is 7.13. The van der Waals surface area contributed by atoms with Crippen molar-refractivity contribution in [1.82, 2.24) is 10.2 Å². The number of rotatable bonds is 3. The van der Waals surface area contributed by atoms with Crippen LogP contribution in [0.3, 0.4) is 0 Å². The SMILES string of the molecule is O=C(CN1CCCNCC1)C1CCOC2(CCCCC2)C1. The average molecular weight is 294 g/mol. The Balaban J connectivity index is 1.53. The lowest BCUT2D eigenvalue weighted by Gasteiger charge is -2.43. The van der Waals surface area contributed by atoms with Crippen LogP contribution < -0.4 is 5.32 Å². The Kier molecular flexibility index (Phi) is 5.30. The number of carbonyl (C=O) groups excluding carboxylic acids is 1. The number of nitrogens with zero attached hydrogens (tertiary/aromatic N) is 1. The normalized spacial score (nSPS) is 31.0. The quantitative estimate of drug-likeness (QED) is 0.864. The second kappa shape index (κ2) is 7.21. The highest BCUT2D eigenvalue weighted by atomic mass is 16.5. The molecule has 1 saturated carbocycles. The first-order chi connectivity index (χ1) is 10.3. The maximum Gasteiger partial charge on any atom is 0.150 e. The van der Waals surface area contributed by atoms with Gasteiger partial charge in [0.25, 0.3) is 0 Å². The molecule has 2 saturated heterocycles. The van der Waals surface area contributed by atoms with Gasteiger partial charge in [-0.2, -0.15) is 0 Å². The van der Waals surface area contributed by atoms with Crippen LogP contribution in [-0.2, 0) is 9.53 Å². The molecule has 0 amide bonds. The molecule has 1 aliphatic carbocycles. The van der Waals surface area contributed by atoms with Gasteiger partial charge < -0.3 is 10.1 Å². The van der Waals surface area contributed by atoms with Crippen LogP contribution >= 0.6 is 0 Å². The second-order valence-corrected chi connectivity index (χ2v) is 7.13. The van der Waals surface area contributed by atoms with Crippen molar-refractivity contribution in [2.75, 3.05) is 39.3 Å². The van der Waals surface area contributed by atoms with Crippen molar-refractivity contribution in [2.45, 2.75) is 57.0 Å². The van der Waals surface area contributed by atoms with E-state index in [0.29, 0.717) is 12.3 Å². The van der Waals surface area contributed by atoms with E-state index >= 15 is 0 Å². The summed E-state index contributed by atoms with van der Waals surface area (Å²) in [6.07, 6.45) is 9.31. The van der Waals surface area contributed by atoms with Gasteiger partial charge >= 0.3 is 0 Å². The minimum absolute atomic E-state index is 0.0527. The molecule has 4 nitrogen and oxygen atoms in total. The Morgan fingerprint density at radius 1 is 1.14 bits per heavy atom. The van der Waals surface area contributed by atoms with E-state index in [9.17, 15) is 4.79 Å². The van der Waals surface area contributed by atoms with Crippen LogP contribution in [0.5, 0.6) is 0 Å². The summed E-state index contributed by atoms with van der Waals surface area (Å²) in [5, 5.41) is 3.40. The van der Waals surface area contributed by atoms with E-state index in [4.69, 9.17) is 4.74 Å². The van der Waals surface area contributed by atoms with Gasteiger partial charge in [-0.05, 0) is 45.2 Å². The van der Waals surface area contributed by atoms with E-state index < -0.39 is 0 Å². The van der Waals surface area contributed by atoms with Crippen molar-refractivity contribution in [3.63, 3.8) is 0 Å². The fourth-order valence-electron chi connectivity index (χ4n) is 4.26. The lowest BCUT2D eigenvalue weighted by molar-refractivity contribution is -0.143. The minimum atomic E-state index is 0.0527. The monoisotopic (exact) mass is 294 g/mol. The van der Waals surface area contributed by atoms with Gasteiger partial charge in [-0.25, -0.2) is 0 Å². The van der Waals surface area contributed by atoms with Crippen LogP contribution in [0.4, 0.5) is 0 Å². The van der Waals surface area contributed by atoms with Crippen molar-refractivity contribution in [1.29, 1.82) is 0 Å². The molecule has 1 unspecified atom stereocenters. The third-order valence-corrected chi connectivity index (χ3v) is 5.53. The number of ketones is 1. The molecule has 21 heavy (non-hydrogen) atoms. The Labute approximate surface area is 128 Å². The van der Waals surface area contributed by atoms with Crippen LogP contribution in [0.25, 0.3) is 0 Å². The topological polar surface area (TPSA) is 41.6 Å². The van der Waals surface area contributed by atoms with E-state index in [2.05, 4.69) is 10.2 Å². The summed E-state index contributed by atoms with van der Waals surface area (Å²) in [6, 6.07) is 0. The maximum absolute atomic E-state index is 12.7. The van der Waals surface area contributed by atoms with Crippen LogP contribution in [0.1, 0.15) is 51.4 Å². The number of hydrogen-bond donors (Lipinski definition) is 1. The van der Waals surface area contributed by atoms with Crippen LogP contribution in [0.15, 0.2) is 0 Å². The number of nitrogens with one attached hydrogen (secondary N) is 1. The molecule has 1 atom stereocenters. The lowest BCUT2D eigenvalue weighted by Crippen LogP contribution is -2.45. The highest BCUT2D eigenvalue weighted by Gasteiger charge is 2.40. The molecule has 4 heteroatoms. The Hall–Kier alpha value is -0.450. The first-order valence-corrected chi connectivity index (χ1v) is 8.87. The van der Waals surface area contributed by atoms with Gasteiger partial charge in [0, 0.05) is 25.6 Å². The molecule has 0 aromatic heterocycles. The minimum Gasteiger partial charge on any atom is -0.375 e. The summed E-state index contributed by atoms with van der Waals surface area (Å²) in [6.45, 7) is 5.63. The third kappa shape index (κ3) is 4.05. The fraction of sp³-hybridized carbons (Fsp3) is 0.941. The Bertz CT molecular complexity index is 339. The molecule has 3 rings (SSSR count). The van der Waals surface area contributed by atoms with Crippen LogP contribution in [0.2, 0.25) is 0 Å². The van der Waals surface area contributed by atoms with Crippen molar-refractivity contribution in [3.05, 3.63) is 0 Å². The summed E-state index contributed by atoms with van der Waals surface area (Å²) < 4.78 is 6.12. The summed E-state index contributed by atoms with van der Waals surface area (Å²) in [7, 11) is 0. The number of carbonyl (C=O) groups is 1. The largest absolute Gasteiger partial charge is 0.375 e. The molecule has 2 aliphatic heterocycles. The standard InChI is InChI=1S/C17H30N2O2/c20-16(14-19-10-4-8-18-9-11-19)15-5-12-21-17(13-15)6-2-1-3-7-17/h15,18H,1-14H2. The number of ether oxygens (including phenoxy) is 1. The summed E-state index contributed by atoms with van der Waals surface area (Å²) in [5.41, 5.74) is 0.0527. The number of Topliss-reactive ketones (excluding diaryl/α,β-unsaturated/α-hetero) is 1.